The highest BCUT2D eigenvalue weighted by molar-refractivity contribution is 5.97. The minimum atomic E-state index is -0.349. The monoisotopic (exact) mass is 262 g/mol. The Hall–Kier alpha value is -2.57. The number of aryl methyl sites for hydroxylation is 1. The van der Waals surface area contributed by atoms with E-state index in [-0.39, 0.29) is 24.1 Å². The molecule has 0 unspecified atom stereocenters. The highest BCUT2D eigenvalue weighted by atomic mass is 16.3. The molecule has 0 bridgehead atoms. The lowest BCUT2D eigenvalue weighted by Crippen LogP contribution is -2.34. The topological polar surface area (TPSA) is 91.2 Å². The number of nitrogens with zero attached hydrogens (tertiary/aromatic N) is 2. The van der Waals surface area contributed by atoms with Crippen molar-refractivity contribution in [2.75, 3.05) is 18.9 Å². The van der Waals surface area contributed by atoms with Crippen LogP contribution in [0.25, 0.3) is 0 Å². The first-order chi connectivity index (χ1) is 9.06. The molecule has 2 rings (SSSR count). The van der Waals surface area contributed by atoms with Crippen molar-refractivity contribution in [1.82, 2.24) is 15.1 Å². The number of amides is 2. The number of nitrogens with one attached hydrogen (secondary N) is 2. The van der Waals surface area contributed by atoms with Gasteiger partial charge in [0.05, 0.1) is 6.26 Å². The van der Waals surface area contributed by atoms with Crippen LogP contribution in [0, 0.1) is 6.92 Å². The van der Waals surface area contributed by atoms with Gasteiger partial charge in [0.1, 0.15) is 6.54 Å². The maximum absolute atomic E-state index is 11.8. The molecule has 0 aliphatic heterocycles. The van der Waals surface area contributed by atoms with Crippen molar-refractivity contribution in [3.63, 3.8) is 0 Å². The standard InChI is InChI=1S/C12H14N4O3/c1-8-6-10(15-14-8)13-11(17)7-16(2)12(18)9-4-3-5-19-9/h3-6H,7H2,1-2H3,(H2,13,14,15,17). The van der Waals surface area contributed by atoms with Crippen LogP contribution in [0.2, 0.25) is 0 Å². The van der Waals surface area contributed by atoms with Gasteiger partial charge >= 0.3 is 0 Å². The summed E-state index contributed by atoms with van der Waals surface area (Å²) in [6.07, 6.45) is 1.41. The van der Waals surface area contributed by atoms with Crippen LogP contribution in [0.3, 0.4) is 0 Å². The summed E-state index contributed by atoms with van der Waals surface area (Å²) in [5, 5.41) is 9.18. The summed E-state index contributed by atoms with van der Waals surface area (Å²) < 4.78 is 4.98. The Labute approximate surface area is 109 Å². The Kier molecular flexibility index (Phi) is 3.65. The first kappa shape index (κ1) is 12.9. The number of hydrogen-bond donors (Lipinski definition) is 2. The molecule has 0 aliphatic carbocycles. The molecule has 19 heavy (non-hydrogen) atoms. The maximum Gasteiger partial charge on any atom is 0.289 e. The Bertz CT molecular complexity index is 574. The zero-order chi connectivity index (χ0) is 13.8. The minimum Gasteiger partial charge on any atom is -0.459 e. The zero-order valence-electron chi connectivity index (χ0n) is 10.6. The van der Waals surface area contributed by atoms with Crippen molar-refractivity contribution < 1.29 is 14.0 Å². The van der Waals surface area contributed by atoms with Crippen LogP contribution < -0.4 is 5.32 Å². The number of carbonyl (C=O) groups is 2. The quantitative estimate of drug-likeness (QED) is 0.860. The van der Waals surface area contributed by atoms with Crippen LogP contribution in [0.1, 0.15) is 16.2 Å². The lowest BCUT2D eigenvalue weighted by molar-refractivity contribution is -0.116. The van der Waals surface area contributed by atoms with E-state index in [1.54, 1.807) is 18.2 Å². The third-order valence-electron chi connectivity index (χ3n) is 2.43. The number of H-pyrrole nitrogens is 1. The number of furan rings is 1. The Morgan fingerprint density at radius 2 is 2.32 bits per heavy atom. The van der Waals surface area contributed by atoms with Crippen LogP contribution in [-0.4, -0.2) is 40.5 Å². The summed E-state index contributed by atoms with van der Waals surface area (Å²) in [6, 6.07) is 4.87. The molecule has 0 radical (unpaired) electrons. The first-order valence-electron chi connectivity index (χ1n) is 5.67. The summed E-state index contributed by atoms with van der Waals surface area (Å²) >= 11 is 0. The van der Waals surface area contributed by atoms with Crippen molar-refractivity contribution in [1.29, 1.82) is 0 Å². The Morgan fingerprint density at radius 1 is 1.53 bits per heavy atom. The molecule has 2 N–H and O–H groups in total. The number of aromatic nitrogens is 2. The minimum absolute atomic E-state index is 0.0779. The number of carbonyl (C=O) groups excluding carboxylic acids is 2. The normalized spacial score (nSPS) is 10.2. The molecular formula is C12H14N4O3. The number of anilines is 1. The molecule has 2 aromatic heterocycles. The third-order valence-corrected chi connectivity index (χ3v) is 2.43. The smallest absolute Gasteiger partial charge is 0.289 e. The van der Waals surface area contributed by atoms with Gasteiger partial charge in [-0.05, 0) is 19.1 Å². The first-order valence-corrected chi connectivity index (χ1v) is 5.67. The Morgan fingerprint density at radius 3 is 2.89 bits per heavy atom. The van der Waals surface area contributed by atoms with Gasteiger partial charge in [-0.3, -0.25) is 14.7 Å². The van der Waals surface area contributed by atoms with E-state index in [9.17, 15) is 9.59 Å². The summed E-state index contributed by atoms with van der Waals surface area (Å²) in [6.45, 7) is 1.75. The molecule has 7 heteroatoms. The predicted molar refractivity (Wildman–Crippen MR) is 67.6 cm³/mol. The fraction of sp³-hybridized carbons (Fsp3) is 0.250. The van der Waals surface area contributed by atoms with Crippen LogP contribution in [0.5, 0.6) is 0 Å². The summed E-state index contributed by atoms with van der Waals surface area (Å²) in [4.78, 5) is 24.8. The SMILES string of the molecule is Cc1cc(NC(=O)CN(C)C(=O)c2ccco2)n[nH]1. The molecule has 0 spiro atoms. The van der Waals surface area contributed by atoms with Crippen LogP contribution in [0.15, 0.2) is 28.9 Å². The lowest BCUT2D eigenvalue weighted by Gasteiger charge is -2.14. The van der Waals surface area contributed by atoms with E-state index in [1.165, 1.54) is 18.2 Å². The average molecular weight is 262 g/mol. The van der Waals surface area contributed by atoms with Gasteiger partial charge in [0.15, 0.2) is 11.6 Å². The summed E-state index contributed by atoms with van der Waals surface area (Å²) in [5.74, 6) is -0.0421. The van der Waals surface area contributed by atoms with Gasteiger partial charge in [-0.25, -0.2) is 0 Å². The van der Waals surface area contributed by atoms with E-state index < -0.39 is 0 Å². The number of hydrogen-bond acceptors (Lipinski definition) is 4. The predicted octanol–water partition coefficient (Wildman–Crippen LogP) is 1.02. The number of aromatic amines is 1. The molecule has 0 aliphatic rings. The zero-order valence-corrected chi connectivity index (χ0v) is 10.6. The van der Waals surface area contributed by atoms with Gasteiger partial charge < -0.3 is 14.6 Å². The molecule has 2 heterocycles. The molecule has 0 atom stereocenters. The average Bonchev–Trinajstić information content (AvgIpc) is 2.99. The fourth-order valence-corrected chi connectivity index (χ4v) is 1.54. The maximum atomic E-state index is 11.8. The number of rotatable bonds is 4. The Balaban J connectivity index is 1.90. The van der Waals surface area contributed by atoms with Crippen molar-refractivity contribution in [3.8, 4) is 0 Å². The lowest BCUT2D eigenvalue weighted by atomic mass is 10.4. The van der Waals surface area contributed by atoms with Gasteiger partial charge in [-0.15, -0.1) is 0 Å². The fourth-order valence-electron chi connectivity index (χ4n) is 1.54. The highest BCUT2D eigenvalue weighted by Crippen LogP contribution is 2.06. The van der Waals surface area contributed by atoms with E-state index in [4.69, 9.17) is 4.42 Å². The van der Waals surface area contributed by atoms with E-state index in [0.29, 0.717) is 5.82 Å². The molecule has 0 saturated heterocycles. The molecule has 2 amide bonds. The van der Waals surface area contributed by atoms with Gasteiger partial charge in [-0.1, -0.05) is 0 Å². The molecule has 100 valence electrons. The van der Waals surface area contributed by atoms with Gasteiger partial charge in [0.2, 0.25) is 5.91 Å². The molecule has 7 nitrogen and oxygen atoms in total. The van der Waals surface area contributed by atoms with Crippen molar-refractivity contribution in [2.45, 2.75) is 6.92 Å². The third kappa shape index (κ3) is 3.21. The number of likely N-dealkylation sites (N-methyl/N-ethyl adjacent to an activating group) is 1. The van der Waals surface area contributed by atoms with Gasteiger partial charge in [0.25, 0.3) is 5.91 Å². The van der Waals surface area contributed by atoms with Gasteiger partial charge in [0, 0.05) is 18.8 Å². The van der Waals surface area contributed by atoms with Crippen LogP contribution in [-0.2, 0) is 4.79 Å². The van der Waals surface area contributed by atoms with Crippen molar-refractivity contribution in [2.24, 2.45) is 0 Å². The van der Waals surface area contributed by atoms with Gasteiger partial charge in [-0.2, -0.15) is 5.10 Å². The molecular weight excluding hydrogens is 248 g/mol. The molecule has 0 fully saturated rings. The molecule has 0 saturated carbocycles. The van der Waals surface area contributed by atoms with E-state index in [2.05, 4.69) is 15.5 Å². The summed E-state index contributed by atoms with van der Waals surface area (Å²) in [5.41, 5.74) is 0.843. The summed E-state index contributed by atoms with van der Waals surface area (Å²) in [7, 11) is 1.53. The largest absolute Gasteiger partial charge is 0.459 e. The second kappa shape index (κ2) is 5.38. The molecule has 0 aromatic carbocycles. The van der Waals surface area contributed by atoms with Crippen molar-refractivity contribution >= 4 is 17.6 Å². The van der Waals surface area contributed by atoms with Crippen LogP contribution in [0.4, 0.5) is 5.82 Å². The second-order valence-electron chi connectivity index (χ2n) is 4.12. The van der Waals surface area contributed by atoms with E-state index >= 15 is 0 Å². The van der Waals surface area contributed by atoms with Crippen molar-refractivity contribution in [3.05, 3.63) is 35.9 Å². The van der Waals surface area contributed by atoms with E-state index in [1.807, 2.05) is 6.92 Å². The second-order valence-corrected chi connectivity index (χ2v) is 4.12. The molecule has 2 aromatic rings. The highest BCUT2D eigenvalue weighted by Gasteiger charge is 2.17. The van der Waals surface area contributed by atoms with Crippen LogP contribution >= 0.6 is 0 Å². The van der Waals surface area contributed by atoms with E-state index in [0.717, 1.165) is 5.69 Å².